The lowest BCUT2D eigenvalue weighted by atomic mass is 9.85. The highest BCUT2D eigenvalue weighted by molar-refractivity contribution is 4.75. The third-order valence-electron chi connectivity index (χ3n) is 3.76. The normalized spacial score (nSPS) is 15.7. The fourth-order valence-electron chi connectivity index (χ4n) is 2.19. The predicted octanol–water partition coefficient (Wildman–Crippen LogP) is 5.97. The summed E-state index contributed by atoms with van der Waals surface area (Å²) in [6, 6.07) is 0. The maximum absolute atomic E-state index is 6.19. The molecule has 0 bridgehead atoms. The summed E-state index contributed by atoms with van der Waals surface area (Å²) in [5.41, 5.74) is 0.271. The van der Waals surface area contributed by atoms with Crippen molar-refractivity contribution in [1.82, 2.24) is 0 Å². The molecule has 0 aliphatic rings. The van der Waals surface area contributed by atoms with Crippen LogP contribution in [0.3, 0.4) is 0 Å². The minimum Gasteiger partial charge on any atom is -0.375 e. The Hall–Kier alpha value is -0.0400. The van der Waals surface area contributed by atoms with E-state index >= 15 is 0 Å². The molecule has 0 amide bonds. The topological polar surface area (TPSA) is 9.23 Å². The molecule has 0 aromatic rings. The molecule has 1 nitrogen and oxygen atoms in total. The van der Waals surface area contributed by atoms with Crippen molar-refractivity contribution in [3.05, 3.63) is 0 Å². The van der Waals surface area contributed by atoms with Crippen LogP contribution in [-0.4, -0.2) is 12.2 Å². The second kappa shape index (κ2) is 9.83. The highest BCUT2D eigenvalue weighted by atomic mass is 16.5. The molecular weight excluding hydrogens is 220 g/mol. The number of unbranched alkanes of at least 4 members (excludes halogenated alkanes) is 5. The average Bonchev–Trinajstić information content (AvgIpc) is 2.30. The van der Waals surface area contributed by atoms with Gasteiger partial charge in [-0.3, -0.25) is 0 Å². The quantitative estimate of drug-likeness (QED) is 0.438. The fraction of sp³-hybridized carbons (Fsp3) is 1.00. The highest BCUT2D eigenvalue weighted by Crippen LogP contribution is 2.28. The van der Waals surface area contributed by atoms with Gasteiger partial charge >= 0.3 is 0 Å². The molecule has 0 aromatic carbocycles. The standard InChI is InChI=1S/C17H36O/c1-7-9-10-11-12-13-14-16(17(4,5)6)18-15(3)8-2/h15-16H,7-14H2,1-6H3. The van der Waals surface area contributed by atoms with Crippen molar-refractivity contribution in [2.24, 2.45) is 5.41 Å². The lowest BCUT2D eigenvalue weighted by Crippen LogP contribution is -2.32. The Kier molecular flexibility index (Phi) is 9.81. The molecule has 2 unspecified atom stereocenters. The Labute approximate surface area is 116 Å². The third kappa shape index (κ3) is 8.97. The summed E-state index contributed by atoms with van der Waals surface area (Å²) in [7, 11) is 0. The summed E-state index contributed by atoms with van der Waals surface area (Å²) in [6.45, 7) is 13.6. The first-order valence-corrected chi connectivity index (χ1v) is 8.07. The van der Waals surface area contributed by atoms with Crippen molar-refractivity contribution in [1.29, 1.82) is 0 Å². The molecule has 0 aliphatic carbocycles. The molecule has 0 radical (unpaired) electrons. The zero-order valence-electron chi connectivity index (χ0n) is 13.7. The summed E-state index contributed by atoms with van der Waals surface area (Å²) >= 11 is 0. The van der Waals surface area contributed by atoms with Crippen LogP contribution in [0.5, 0.6) is 0 Å². The molecule has 0 fully saturated rings. The van der Waals surface area contributed by atoms with Gasteiger partial charge in [0.25, 0.3) is 0 Å². The monoisotopic (exact) mass is 256 g/mol. The summed E-state index contributed by atoms with van der Waals surface area (Å²) < 4.78 is 6.19. The lowest BCUT2D eigenvalue weighted by Gasteiger charge is -2.33. The Morgan fingerprint density at radius 1 is 0.889 bits per heavy atom. The minimum atomic E-state index is 0.271. The van der Waals surface area contributed by atoms with Crippen molar-refractivity contribution in [2.75, 3.05) is 0 Å². The first-order chi connectivity index (χ1) is 8.41. The average molecular weight is 256 g/mol. The molecule has 1 heteroatoms. The van der Waals surface area contributed by atoms with Gasteiger partial charge in [-0.05, 0) is 25.2 Å². The van der Waals surface area contributed by atoms with Gasteiger partial charge in [0.15, 0.2) is 0 Å². The first kappa shape index (κ1) is 18.0. The third-order valence-corrected chi connectivity index (χ3v) is 3.76. The molecular formula is C17H36O. The van der Waals surface area contributed by atoms with Crippen LogP contribution in [0.2, 0.25) is 0 Å². The van der Waals surface area contributed by atoms with Crippen molar-refractivity contribution in [2.45, 2.75) is 105 Å². The van der Waals surface area contributed by atoms with E-state index in [0.717, 1.165) is 6.42 Å². The molecule has 0 aromatic heterocycles. The molecule has 0 saturated carbocycles. The van der Waals surface area contributed by atoms with Crippen molar-refractivity contribution in [3.63, 3.8) is 0 Å². The Balaban J connectivity index is 3.88. The zero-order chi connectivity index (χ0) is 14.0. The van der Waals surface area contributed by atoms with Crippen molar-refractivity contribution >= 4 is 0 Å². The van der Waals surface area contributed by atoms with Gasteiger partial charge in [0.1, 0.15) is 0 Å². The second-order valence-corrected chi connectivity index (χ2v) is 6.77. The summed E-state index contributed by atoms with van der Waals surface area (Å²) in [4.78, 5) is 0. The number of hydrogen-bond donors (Lipinski definition) is 0. The van der Waals surface area contributed by atoms with Crippen LogP contribution in [0.4, 0.5) is 0 Å². The van der Waals surface area contributed by atoms with Gasteiger partial charge in [0.05, 0.1) is 12.2 Å². The van der Waals surface area contributed by atoms with Crippen LogP contribution in [0.25, 0.3) is 0 Å². The summed E-state index contributed by atoms with van der Waals surface area (Å²) in [5, 5.41) is 0. The molecule has 2 atom stereocenters. The largest absolute Gasteiger partial charge is 0.375 e. The second-order valence-electron chi connectivity index (χ2n) is 6.77. The van der Waals surface area contributed by atoms with E-state index < -0.39 is 0 Å². The molecule has 0 aliphatic heterocycles. The van der Waals surface area contributed by atoms with Gasteiger partial charge < -0.3 is 4.74 Å². The van der Waals surface area contributed by atoms with Crippen LogP contribution >= 0.6 is 0 Å². The van der Waals surface area contributed by atoms with Crippen LogP contribution in [0.1, 0.15) is 92.9 Å². The van der Waals surface area contributed by atoms with Gasteiger partial charge in [-0.25, -0.2) is 0 Å². The fourth-order valence-corrected chi connectivity index (χ4v) is 2.19. The van der Waals surface area contributed by atoms with Crippen molar-refractivity contribution in [3.8, 4) is 0 Å². The van der Waals surface area contributed by atoms with Crippen LogP contribution in [0, 0.1) is 5.41 Å². The summed E-state index contributed by atoms with van der Waals surface area (Å²) in [6.07, 6.45) is 11.4. The van der Waals surface area contributed by atoms with E-state index in [1.54, 1.807) is 0 Å². The van der Waals surface area contributed by atoms with E-state index in [4.69, 9.17) is 4.74 Å². The Bertz CT molecular complexity index is 181. The minimum absolute atomic E-state index is 0.271. The molecule has 0 rings (SSSR count). The molecule has 0 spiro atoms. The number of rotatable bonds is 10. The van der Waals surface area contributed by atoms with Gasteiger partial charge in [0.2, 0.25) is 0 Å². The van der Waals surface area contributed by atoms with E-state index in [1.807, 2.05) is 0 Å². The molecule has 110 valence electrons. The zero-order valence-corrected chi connectivity index (χ0v) is 13.7. The molecule has 0 saturated heterocycles. The Morgan fingerprint density at radius 2 is 1.44 bits per heavy atom. The first-order valence-electron chi connectivity index (χ1n) is 8.07. The predicted molar refractivity (Wildman–Crippen MR) is 82.1 cm³/mol. The Morgan fingerprint density at radius 3 is 1.94 bits per heavy atom. The maximum Gasteiger partial charge on any atom is 0.0627 e. The van der Waals surface area contributed by atoms with Gasteiger partial charge in [0, 0.05) is 0 Å². The molecule has 18 heavy (non-hydrogen) atoms. The van der Waals surface area contributed by atoms with Gasteiger partial charge in [-0.15, -0.1) is 0 Å². The smallest absolute Gasteiger partial charge is 0.0627 e. The van der Waals surface area contributed by atoms with Gasteiger partial charge in [-0.2, -0.15) is 0 Å². The van der Waals surface area contributed by atoms with E-state index in [0.29, 0.717) is 12.2 Å². The maximum atomic E-state index is 6.19. The van der Waals surface area contributed by atoms with Gasteiger partial charge in [-0.1, -0.05) is 73.1 Å². The van der Waals surface area contributed by atoms with Crippen LogP contribution in [-0.2, 0) is 4.74 Å². The number of ether oxygens (including phenoxy) is 1. The van der Waals surface area contributed by atoms with E-state index in [1.165, 1.54) is 44.9 Å². The van der Waals surface area contributed by atoms with E-state index in [9.17, 15) is 0 Å². The van der Waals surface area contributed by atoms with E-state index in [2.05, 4.69) is 41.5 Å². The highest BCUT2D eigenvalue weighted by Gasteiger charge is 2.26. The van der Waals surface area contributed by atoms with E-state index in [-0.39, 0.29) is 5.41 Å². The van der Waals surface area contributed by atoms with Crippen LogP contribution in [0.15, 0.2) is 0 Å². The number of hydrogen-bond acceptors (Lipinski definition) is 1. The SMILES string of the molecule is CCCCCCCCC(OC(C)CC)C(C)(C)C. The van der Waals surface area contributed by atoms with Crippen molar-refractivity contribution < 1.29 is 4.74 Å². The summed E-state index contributed by atoms with van der Waals surface area (Å²) in [5.74, 6) is 0. The van der Waals surface area contributed by atoms with Crippen LogP contribution < -0.4 is 0 Å². The molecule has 0 N–H and O–H groups in total. The lowest BCUT2D eigenvalue weighted by molar-refractivity contribution is -0.0650. The molecule has 0 heterocycles.